The van der Waals surface area contributed by atoms with Crippen LogP contribution in [0.5, 0.6) is 5.75 Å². The van der Waals surface area contributed by atoms with Crippen LogP contribution in [0.2, 0.25) is 0 Å². The summed E-state index contributed by atoms with van der Waals surface area (Å²) in [4.78, 5) is 13.2. The van der Waals surface area contributed by atoms with Crippen molar-refractivity contribution < 1.29 is 13.9 Å². The first-order valence-electron chi connectivity index (χ1n) is 10.8. The first kappa shape index (κ1) is 23.5. The maximum absolute atomic E-state index is 14.0. The number of benzene rings is 3. The lowest BCUT2D eigenvalue weighted by molar-refractivity contribution is 0.0931. The van der Waals surface area contributed by atoms with Crippen LogP contribution in [0.15, 0.2) is 84.0 Å². The minimum atomic E-state index is -0.430. The van der Waals surface area contributed by atoms with Crippen molar-refractivity contribution in [1.82, 2.24) is 20.1 Å². The fourth-order valence-corrected chi connectivity index (χ4v) is 4.54. The Labute approximate surface area is 202 Å². The number of amides is 1. The number of hydrogen-bond donors (Lipinski definition) is 1. The molecule has 0 spiro atoms. The largest absolute Gasteiger partial charge is 0.496 e. The van der Waals surface area contributed by atoms with Crippen LogP contribution in [-0.4, -0.2) is 27.8 Å². The van der Waals surface area contributed by atoms with Gasteiger partial charge in [0.25, 0.3) is 5.91 Å². The summed E-state index contributed by atoms with van der Waals surface area (Å²) in [6, 6.07) is 23.2. The van der Waals surface area contributed by atoms with Gasteiger partial charge in [-0.15, -0.1) is 10.2 Å². The Hall–Kier alpha value is -3.65. The molecule has 6 nitrogen and oxygen atoms in total. The van der Waals surface area contributed by atoms with Crippen LogP contribution in [0, 0.1) is 5.82 Å². The van der Waals surface area contributed by atoms with Crippen molar-refractivity contribution in [3.63, 3.8) is 0 Å². The van der Waals surface area contributed by atoms with Crippen LogP contribution < -0.4 is 10.1 Å². The lowest BCUT2D eigenvalue weighted by atomic mass is 10.0. The lowest BCUT2D eigenvalue weighted by Gasteiger charge is -2.19. The van der Waals surface area contributed by atoms with Gasteiger partial charge in [0.2, 0.25) is 0 Å². The molecule has 1 aromatic heterocycles. The van der Waals surface area contributed by atoms with Crippen LogP contribution in [-0.2, 0) is 19.2 Å². The highest BCUT2D eigenvalue weighted by molar-refractivity contribution is 7.98. The van der Waals surface area contributed by atoms with E-state index >= 15 is 0 Å². The fourth-order valence-electron chi connectivity index (χ4n) is 3.64. The number of rotatable bonds is 9. The SMILES string of the molecule is COc1ccccc1C(=O)NC(Cc1ccccc1)c1nnc(SCc2ccccc2F)n1C. The number of carbonyl (C=O) groups is 1. The molecule has 34 heavy (non-hydrogen) atoms. The van der Waals surface area contributed by atoms with Crippen molar-refractivity contribution >= 4 is 17.7 Å². The van der Waals surface area contributed by atoms with E-state index in [9.17, 15) is 9.18 Å². The first-order valence-corrected chi connectivity index (χ1v) is 11.8. The monoisotopic (exact) mass is 476 g/mol. The molecular weight excluding hydrogens is 451 g/mol. The van der Waals surface area contributed by atoms with Gasteiger partial charge in [0.15, 0.2) is 11.0 Å². The van der Waals surface area contributed by atoms with E-state index < -0.39 is 6.04 Å². The Bertz CT molecular complexity index is 1260. The average molecular weight is 477 g/mol. The molecule has 1 atom stereocenters. The molecule has 0 saturated heterocycles. The van der Waals surface area contributed by atoms with E-state index in [4.69, 9.17) is 4.74 Å². The zero-order chi connectivity index (χ0) is 23.9. The molecule has 0 fully saturated rings. The highest BCUT2D eigenvalue weighted by Crippen LogP contribution is 2.26. The third-order valence-corrected chi connectivity index (χ3v) is 6.50. The maximum Gasteiger partial charge on any atom is 0.255 e. The van der Waals surface area contributed by atoms with E-state index in [2.05, 4.69) is 15.5 Å². The normalized spacial score (nSPS) is 11.7. The van der Waals surface area contributed by atoms with Crippen molar-refractivity contribution in [2.75, 3.05) is 7.11 Å². The second-order valence-electron chi connectivity index (χ2n) is 7.70. The summed E-state index contributed by atoms with van der Waals surface area (Å²) in [5, 5.41) is 12.4. The summed E-state index contributed by atoms with van der Waals surface area (Å²) in [5.41, 5.74) is 2.10. The number of thioether (sulfide) groups is 1. The van der Waals surface area contributed by atoms with E-state index in [0.29, 0.717) is 40.0 Å². The van der Waals surface area contributed by atoms with Crippen LogP contribution in [0.4, 0.5) is 4.39 Å². The van der Waals surface area contributed by atoms with Crippen LogP contribution in [0.1, 0.15) is 33.4 Å². The minimum Gasteiger partial charge on any atom is -0.496 e. The Morgan fingerprint density at radius 1 is 1.03 bits per heavy atom. The second kappa shape index (κ2) is 11.0. The second-order valence-corrected chi connectivity index (χ2v) is 8.64. The first-order chi connectivity index (χ1) is 16.6. The van der Waals surface area contributed by atoms with Gasteiger partial charge in [-0.05, 0) is 35.7 Å². The van der Waals surface area contributed by atoms with Crippen molar-refractivity contribution in [2.45, 2.75) is 23.4 Å². The molecule has 4 aromatic rings. The van der Waals surface area contributed by atoms with Gasteiger partial charge < -0.3 is 14.6 Å². The van der Waals surface area contributed by atoms with Crippen molar-refractivity contribution in [1.29, 1.82) is 0 Å². The summed E-state index contributed by atoms with van der Waals surface area (Å²) in [7, 11) is 3.39. The molecule has 3 aromatic carbocycles. The minimum absolute atomic E-state index is 0.247. The van der Waals surface area contributed by atoms with E-state index in [1.54, 1.807) is 30.3 Å². The van der Waals surface area contributed by atoms with Crippen LogP contribution in [0.3, 0.4) is 0 Å². The molecule has 1 amide bonds. The molecular formula is C26H25FN4O2S. The van der Waals surface area contributed by atoms with E-state index in [1.165, 1.54) is 24.9 Å². The molecule has 0 aliphatic carbocycles. The van der Waals surface area contributed by atoms with E-state index in [0.717, 1.165) is 5.56 Å². The third kappa shape index (κ3) is 5.46. The average Bonchev–Trinajstić information content (AvgIpc) is 3.23. The van der Waals surface area contributed by atoms with Gasteiger partial charge in [-0.1, -0.05) is 72.4 Å². The summed E-state index contributed by atoms with van der Waals surface area (Å²) < 4.78 is 21.2. The summed E-state index contributed by atoms with van der Waals surface area (Å²) >= 11 is 1.40. The Kier molecular flexibility index (Phi) is 7.59. The van der Waals surface area contributed by atoms with E-state index in [-0.39, 0.29) is 11.7 Å². The standard InChI is InChI=1S/C26H25FN4O2S/c1-31-24(29-30-26(31)34-17-19-12-6-8-14-21(19)27)22(16-18-10-4-3-5-11-18)28-25(32)20-13-7-9-15-23(20)33-2/h3-15,22H,16-17H2,1-2H3,(H,28,32). The topological polar surface area (TPSA) is 69.0 Å². The van der Waals surface area contributed by atoms with Gasteiger partial charge in [0.1, 0.15) is 11.6 Å². The number of hydrogen-bond acceptors (Lipinski definition) is 5. The summed E-state index contributed by atoms with van der Waals surface area (Å²) in [6.07, 6.45) is 0.533. The zero-order valence-electron chi connectivity index (χ0n) is 18.9. The van der Waals surface area contributed by atoms with Crippen molar-refractivity contribution in [3.8, 4) is 5.75 Å². The van der Waals surface area contributed by atoms with Gasteiger partial charge in [-0.2, -0.15) is 0 Å². The molecule has 174 valence electrons. The number of aromatic nitrogens is 3. The summed E-state index contributed by atoms with van der Waals surface area (Å²) in [6.45, 7) is 0. The lowest BCUT2D eigenvalue weighted by Crippen LogP contribution is -2.32. The van der Waals surface area contributed by atoms with Crippen molar-refractivity contribution in [2.24, 2.45) is 7.05 Å². The molecule has 1 N–H and O–H groups in total. The van der Waals surface area contributed by atoms with Crippen LogP contribution >= 0.6 is 11.8 Å². The molecule has 0 radical (unpaired) electrons. The molecule has 4 rings (SSSR count). The predicted molar refractivity (Wildman–Crippen MR) is 130 cm³/mol. The Morgan fingerprint density at radius 2 is 1.74 bits per heavy atom. The van der Waals surface area contributed by atoms with Crippen molar-refractivity contribution in [3.05, 3.63) is 107 Å². The molecule has 8 heteroatoms. The molecule has 1 unspecified atom stereocenters. The highest BCUT2D eigenvalue weighted by Gasteiger charge is 2.24. The fraction of sp³-hybridized carbons (Fsp3) is 0.192. The predicted octanol–water partition coefficient (Wildman–Crippen LogP) is 4.97. The summed E-state index contributed by atoms with van der Waals surface area (Å²) in [5.74, 6) is 1.03. The molecule has 0 aliphatic rings. The van der Waals surface area contributed by atoms with Crippen LogP contribution in [0.25, 0.3) is 0 Å². The van der Waals surface area contributed by atoms with Gasteiger partial charge >= 0.3 is 0 Å². The van der Waals surface area contributed by atoms with Gasteiger partial charge in [-0.3, -0.25) is 4.79 Å². The zero-order valence-corrected chi connectivity index (χ0v) is 19.8. The molecule has 0 bridgehead atoms. The third-order valence-electron chi connectivity index (χ3n) is 5.43. The number of methoxy groups -OCH3 is 1. The van der Waals surface area contributed by atoms with Gasteiger partial charge in [-0.25, -0.2) is 4.39 Å². The van der Waals surface area contributed by atoms with Gasteiger partial charge in [0.05, 0.1) is 18.7 Å². The Morgan fingerprint density at radius 3 is 2.50 bits per heavy atom. The highest BCUT2D eigenvalue weighted by atomic mass is 32.2. The number of nitrogens with zero attached hydrogens (tertiary/aromatic N) is 3. The Balaban J connectivity index is 1.59. The quantitative estimate of drug-likeness (QED) is 0.346. The number of ether oxygens (including phenoxy) is 1. The molecule has 0 saturated carbocycles. The maximum atomic E-state index is 14.0. The number of para-hydroxylation sites is 1. The number of carbonyl (C=O) groups excluding carboxylic acids is 1. The number of nitrogens with one attached hydrogen (secondary N) is 1. The van der Waals surface area contributed by atoms with E-state index in [1.807, 2.05) is 54.1 Å². The number of halogens is 1. The van der Waals surface area contributed by atoms with Gasteiger partial charge in [0, 0.05) is 12.8 Å². The smallest absolute Gasteiger partial charge is 0.255 e. The molecule has 1 heterocycles. The molecule has 0 aliphatic heterocycles.